The standard InChI is InChI=1S/C21H18FN3OS/c1-3-24(17-7-5-4-6-8-17)20(26)19-14(2)25-13-18(23-21(25)27-19)15-9-11-16(22)12-10-15/h4-13H,3H2,1-2H3. The van der Waals surface area contributed by atoms with Crippen molar-refractivity contribution in [3.8, 4) is 11.3 Å². The largest absolute Gasteiger partial charge is 0.308 e. The molecule has 1 amide bonds. The number of amides is 1. The van der Waals surface area contributed by atoms with Crippen molar-refractivity contribution in [3.05, 3.63) is 77.2 Å². The number of aryl methyl sites for hydroxylation is 1. The predicted molar refractivity (Wildman–Crippen MR) is 107 cm³/mol. The first-order valence-electron chi connectivity index (χ1n) is 8.70. The summed E-state index contributed by atoms with van der Waals surface area (Å²) in [5.41, 5.74) is 3.34. The van der Waals surface area contributed by atoms with E-state index in [4.69, 9.17) is 0 Å². The van der Waals surface area contributed by atoms with Crippen LogP contribution in [0.15, 0.2) is 60.8 Å². The van der Waals surface area contributed by atoms with Crippen molar-refractivity contribution in [2.45, 2.75) is 13.8 Å². The lowest BCUT2D eigenvalue weighted by atomic mass is 10.2. The third kappa shape index (κ3) is 3.13. The molecule has 0 bridgehead atoms. The van der Waals surface area contributed by atoms with Crippen molar-refractivity contribution in [1.29, 1.82) is 0 Å². The lowest BCUT2D eigenvalue weighted by Gasteiger charge is -2.20. The maximum Gasteiger partial charge on any atom is 0.270 e. The van der Waals surface area contributed by atoms with E-state index in [-0.39, 0.29) is 11.7 Å². The van der Waals surface area contributed by atoms with Gasteiger partial charge in [0.05, 0.1) is 5.69 Å². The zero-order valence-corrected chi connectivity index (χ0v) is 15.8. The average molecular weight is 379 g/mol. The Morgan fingerprint density at radius 3 is 2.48 bits per heavy atom. The number of anilines is 1. The Morgan fingerprint density at radius 1 is 1.15 bits per heavy atom. The molecule has 0 aliphatic rings. The van der Waals surface area contributed by atoms with Gasteiger partial charge in [0, 0.05) is 29.7 Å². The van der Waals surface area contributed by atoms with Gasteiger partial charge in [-0.25, -0.2) is 9.37 Å². The highest BCUT2D eigenvalue weighted by molar-refractivity contribution is 7.19. The SMILES string of the molecule is CCN(C(=O)c1sc2nc(-c3ccc(F)cc3)cn2c1C)c1ccccc1. The van der Waals surface area contributed by atoms with Gasteiger partial charge in [0.2, 0.25) is 0 Å². The van der Waals surface area contributed by atoms with Crippen molar-refractivity contribution in [2.24, 2.45) is 0 Å². The summed E-state index contributed by atoms with van der Waals surface area (Å²) in [5, 5.41) is 0. The zero-order chi connectivity index (χ0) is 19.0. The molecule has 0 radical (unpaired) electrons. The second kappa shape index (κ2) is 6.96. The van der Waals surface area contributed by atoms with Gasteiger partial charge in [-0.15, -0.1) is 0 Å². The quantitative estimate of drug-likeness (QED) is 0.490. The maximum absolute atomic E-state index is 13.1. The molecule has 6 heteroatoms. The van der Waals surface area contributed by atoms with Crippen molar-refractivity contribution in [2.75, 3.05) is 11.4 Å². The van der Waals surface area contributed by atoms with Gasteiger partial charge in [0.25, 0.3) is 5.91 Å². The molecule has 0 unspecified atom stereocenters. The van der Waals surface area contributed by atoms with Crippen LogP contribution in [-0.2, 0) is 0 Å². The van der Waals surface area contributed by atoms with E-state index in [0.29, 0.717) is 11.4 Å². The van der Waals surface area contributed by atoms with Gasteiger partial charge in [-0.1, -0.05) is 29.5 Å². The van der Waals surface area contributed by atoms with E-state index in [1.54, 1.807) is 17.0 Å². The summed E-state index contributed by atoms with van der Waals surface area (Å²) in [4.78, 5) is 20.9. The van der Waals surface area contributed by atoms with Crippen LogP contribution in [0.5, 0.6) is 0 Å². The summed E-state index contributed by atoms with van der Waals surface area (Å²) in [6, 6.07) is 15.9. The van der Waals surface area contributed by atoms with Crippen LogP contribution in [0.1, 0.15) is 22.3 Å². The molecule has 4 nitrogen and oxygen atoms in total. The van der Waals surface area contributed by atoms with E-state index in [9.17, 15) is 9.18 Å². The number of rotatable bonds is 4. The summed E-state index contributed by atoms with van der Waals surface area (Å²) in [6.07, 6.45) is 1.89. The van der Waals surface area contributed by atoms with E-state index in [2.05, 4.69) is 4.98 Å². The van der Waals surface area contributed by atoms with Crippen molar-refractivity contribution in [3.63, 3.8) is 0 Å². The van der Waals surface area contributed by atoms with Gasteiger partial charge in [-0.2, -0.15) is 0 Å². The molecule has 0 saturated carbocycles. The second-order valence-electron chi connectivity index (χ2n) is 6.19. The molecule has 0 atom stereocenters. The third-order valence-electron chi connectivity index (χ3n) is 4.52. The summed E-state index contributed by atoms with van der Waals surface area (Å²) >= 11 is 1.38. The Bertz CT molecular complexity index is 1100. The number of aromatic nitrogens is 2. The first kappa shape index (κ1) is 17.4. The molecule has 0 aliphatic heterocycles. The molecule has 0 spiro atoms. The van der Waals surface area contributed by atoms with E-state index in [0.717, 1.165) is 27.6 Å². The summed E-state index contributed by atoms with van der Waals surface area (Å²) in [5.74, 6) is -0.301. The number of nitrogens with zero attached hydrogens (tertiary/aromatic N) is 3. The van der Waals surface area contributed by atoms with Crippen LogP contribution in [0.25, 0.3) is 16.2 Å². The summed E-state index contributed by atoms with van der Waals surface area (Å²) in [6.45, 7) is 4.47. The highest BCUT2D eigenvalue weighted by Gasteiger charge is 2.23. The number of hydrogen-bond acceptors (Lipinski definition) is 3. The molecule has 27 heavy (non-hydrogen) atoms. The number of halogens is 1. The van der Waals surface area contributed by atoms with Crippen LogP contribution in [-0.4, -0.2) is 21.8 Å². The van der Waals surface area contributed by atoms with Gasteiger partial charge in [-0.05, 0) is 50.2 Å². The zero-order valence-electron chi connectivity index (χ0n) is 15.0. The summed E-state index contributed by atoms with van der Waals surface area (Å²) in [7, 11) is 0. The van der Waals surface area contributed by atoms with E-state index in [1.807, 2.05) is 54.8 Å². The highest BCUT2D eigenvalue weighted by Crippen LogP contribution is 2.29. The molecule has 2 aromatic carbocycles. The van der Waals surface area contributed by atoms with Crippen LogP contribution < -0.4 is 4.90 Å². The Morgan fingerprint density at radius 2 is 1.85 bits per heavy atom. The van der Waals surface area contributed by atoms with E-state index >= 15 is 0 Å². The number of benzene rings is 2. The van der Waals surface area contributed by atoms with Crippen molar-refractivity contribution >= 4 is 27.9 Å². The number of thiazole rings is 1. The minimum Gasteiger partial charge on any atom is -0.308 e. The van der Waals surface area contributed by atoms with Crippen LogP contribution in [0, 0.1) is 12.7 Å². The Labute approximate surface area is 160 Å². The molecule has 2 aromatic heterocycles. The predicted octanol–water partition coefficient (Wildman–Crippen LogP) is 5.18. The molecule has 4 rings (SSSR count). The fourth-order valence-corrected chi connectivity index (χ4v) is 4.14. The number of imidazole rings is 1. The van der Waals surface area contributed by atoms with Crippen LogP contribution >= 0.6 is 11.3 Å². The number of carbonyl (C=O) groups is 1. The van der Waals surface area contributed by atoms with E-state index < -0.39 is 0 Å². The molecule has 2 heterocycles. The minimum absolute atomic E-state index is 0.0277. The Hall–Kier alpha value is -2.99. The Balaban J connectivity index is 1.71. The second-order valence-corrected chi connectivity index (χ2v) is 7.16. The molecule has 0 fully saturated rings. The molecule has 0 N–H and O–H groups in total. The van der Waals surface area contributed by atoms with Gasteiger partial charge in [0.1, 0.15) is 10.7 Å². The molecule has 136 valence electrons. The normalized spacial score (nSPS) is 11.1. The molecule has 0 aliphatic carbocycles. The van der Waals surface area contributed by atoms with Crippen LogP contribution in [0.2, 0.25) is 0 Å². The van der Waals surface area contributed by atoms with Crippen LogP contribution in [0.4, 0.5) is 10.1 Å². The number of carbonyl (C=O) groups excluding carboxylic acids is 1. The monoisotopic (exact) mass is 379 g/mol. The molecule has 4 aromatic rings. The smallest absolute Gasteiger partial charge is 0.270 e. The number of hydrogen-bond donors (Lipinski definition) is 0. The summed E-state index contributed by atoms with van der Waals surface area (Å²) < 4.78 is 15.1. The van der Waals surface area contributed by atoms with Crippen molar-refractivity contribution < 1.29 is 9.18 Å². The van der Waals surface area contributed by atoms with E-state index in [1.165, 1.54) is 23.5 Å². The van der Waals surface area contributed by atoms with Gasteiger partial charge >= 0.3 is 0 Å². The average Bonchev–Trinajstić information content (AvgIpc) is 3.23. The number of fused-ring (bicyclic) bond motifs is 1. The van der Waals surface area contributed by atoms with Crippen LogP contribution in [0.3, 0.4) is 0 Å². The fraction of sp³-hybridized carbons (Fsp3) is 0.143. The molecular weight excluding hydrogens is 361 g/mol. The first-order valence-corrected chi connectivity index (χ1v) is 9.51. The lowest BCUT2D eigenvalue weighted by Crippen LogP contribution is -2.30. The fourth-order valence-electron chi connectivity index (χ4n) is 3.08. The maximum atomic E-state index is 13.1. The third-order valence-corrected chi connectivity index (χ3v) is 5.67. The van der Waals surface area contributed by atoms with Crippen molar-refractivity contribution in [1.82, 2.24) is 9.38 Å². The topological polar surface area (TPSA) is 37.6 Å². The van der Waals surface area contributed by atoms with Gasteiger partial charge in [-0.3, -0.25) is 9.20 Å². The first-order chi connectivity index (χ1) is 13.1. The lowest BCUT2D eigenvalue weighted by molar-refractivity contribution is 0.0991. The highest BCUT2D eigenvalue weighted by atomic mass is 32.1. The minimum atomic E-state index is -0.274. The molecular formula is C21H18FN3OS. The Kier molecular flexibility index (Phi) is 4.49. The molecule has 0 saturated heterocycles. The van der Waals surface area contributed by atoms with Gasteiger partial charge < -0.3 is 4.90 Å². The number of para-hydroxylation sites is 1. The van der Waals surface area contributed by atoms with Gasteiger partial charge in [0.15, 0.2) is 4.96 Å².